The Hall–Kier alpha value is -3.73. The third-order valence-corrected chi connectivity index (χ3v) is 10.2. The van der Waals surface area contributed by atoms with Crippen molar-refractivity contribution in [3.63, 3.8) is 0 Å². The zero-order valence-corrected chi connectivity index (χ0v) is 27.8. The lowest BCUT2D eigenvalue weighted by Gasteiger charge is -2.37. The number of rotatable bonds is 13. The van der Waals surface area contributed by atoms with E-state index in [4.69, 9.17) is 19.4 Å². The topological polar surface area (TPSA) is 96.9 Å². The molecule has 3 aromatic carbocycles. The SMILES string of the molecule is CCOc1ccc(CCNc2nc([C@H](C)N3CCN(S(=O)(=O)c4ccc(C(C)C)cc4)CC3)nc3ccccc23)cc1OCC. The van der Waals surface area contributed by atoms with Crippen LogP contribution in [-0.4, -0.2) is 73.5 Å². The Bertz CT molecular complexity index is 1690. The van der Waals surface area contributed by atoms with Crippen LogP contribution in [0.5, 0.6) is 11.5 Å². The maximum atomic E-state index is 13.4. The lowest BCUT2D eigenvalue weighted by molar-refractivity contribution is 0.141. The van der Waals surface area contributed by atoms with E-state index in [2.05, 4.69) is 37.1 Å². The van der Waals surface area contributed by atoms with E-state index >= 15 is 0 Å². The lowest BCUT2D eigenvalue weighted by Crippen LogP contribution is -2.49. The third kappa shape index (κ3) is 7.57. The number of nitrogens with one attached hydrogen (secondary N) is 1. The van der Waals surface area contributed by atoms with Gasteiger partial charge in [0, 0.05) is 38.1 Å². The number of hydrogen-bond acceptors (Lipinski definition) is 8. The molecule has 1 N–H and O–H groups in total. The van der Waals surface area contributed by atoms with Crippen LogP contribution in [0.25, 0.3) is 10.9 Å². The van der Waals surface area contributed by atoms with E-state index in [1.807, 2.05) is 62.4 Å². The maximum absolute atomic E-state index is 13.4. The summed E-state index contributed by atoms with van der Waals surface area (Å²) in [6.45, 7) is 14.1. The quantitative estimate of drug-likeness (QED) is 0.184. The van der Waals surface area contributed by atoms with Gasteiger partial charge in [0.05, 0.1) is 29.7 Å². The van der Waals surface area contributed by atoms with Crippen molar-refractivity contribution in [2.45, 2.75) is 57.9 Å². The summed E-state index contributed by atoms with van der Waals surface area (Å²) in [6, 6.07) is 21.3. The second-order valence-electron chi connectivity index (χ2n) is 11.6. The van der Waals surface area contributed by atoms with Crippen molar-refractivity contribution >= 4 is 26.7 Å². The summed E-state index contributed by atoms with van der Waals surface area (Å²) in [4.78, 5) is 12.5. The van der Waals surface area contributed by atoms with E-state index < -0.39 is 10.0 Å². The van der Waals surface area contributed by atoms with Gasteiger partial charge in [-0.25, -0.2) is 18.4 Å². The van der Waals surface area contributed by atoms with Crippen LogP contribution in [0.15, 0.2) is 71.6 Å². The second kappa shape index (κ2) is 14.6. The van der Waals surface area contributed by atoms with Crippen LogP contribution in [-0.2, 0) is 16.4 Å². The number of aromatic nitrogens is 2. The minimum Gasteiger partial charge on any atom is -0.490 e. The van der Waals surface area contributed by atoms with E-state index in [1.54, 1.807) is 16.4 Å². The molecule has 1 aliphatic rings. The number of ether oxygens (including phenoxy) is 2. The zero-order chi connectivity index (χ0) is 32.0. The summed E-state index contributed by atoms with van der Waals surface area (Å²) in [5.74, 6) is 3.39. The predicted molar refractivity (Wildman–Crippen MR) is 180 cm³/mol. The fourth-order valence-corrected chi connectivity index (χ4v) is 7.08. The van der Waals surface area contributed by atoms with E-state index in [9.17, 15) is 8.42 Å². The van der Waals surface area contributed by atoms with E-state index in [0.717, 1.165) is 51.6 Å². The average molecular weight is 632 g/mol. The van der Waals surface area contributed by atoms with Gasteiger partial charge in [-0.2, -0.15) is 4.31 Å². The van der Waals surface area contributed by atoms with Crippen LogP contribution in [0.3, 0.4) is 0 Å². The Labute approximate surface area is 267 Å². The number of hydrogen-bond donors (Lipinski definition) is 1. The molecule has 0 spiro atoms. The fourth-order valence-electron chi connectivity index (χ4n) is 5.66. The van der Waals surface area contributed by atoms with Crippen LogP contribution in [0.2, 0.25) is 0 Å². The van der Waals surface area contributed by atoms with E-state index in [0.29, 0.717) is 56.8 Å². The molecule has 0 amide bonds. The molecule has 9 nitrogen and oxygen atoms in total. The van der Waals surface area contributed by atoms with Crippen molar-refractivity contribution in [1.29, 1.82) is 0 Å². The first-order valence-corrected chi connectivity index (χ1v) is 17.4. The summed E-state index contributed by atoms with van der Waals surface area (Å²) in [6.07, 6.45) is 0.784. The minimum absolute atomic E-state index is 0.0785. The van der Waals surface area contributed by atoms with Gasteiger partial charge in [-0.3, -0.25) is 4.90 Å². The Morgan fingerprint density at radius 2 is 1.53 bits per heavy atom. The zero-order valence-electron chi connectivity index (χ0n) is 27.0. The molecule has 1 fully saturated rings. The molecule has 45 heavy (non-hydrogen) atoms. The predicted octanol–water partition coefficient (Wildman–Crippen LogP) is 6.27. The van der Waals surface area contributed by atoms with Gasteiger partial charge in [-0.1, -0.05) is 44.2 Å². The minimum atomic E-state index is -3.55. The molecule has 1 saturated heterocycles. The molecule has 10 heteroatoms. The Kier molecular flexibility index (Phi) is 10.6. The average Bonchev–Trinajstić information content (AvgIpc) is 3.05. The number of sulfonamides is 1. The summed E-state index contributed by atoms with van der Waals surface area (Å²) < 4.78 is 39.8. The van der Waals surface area contributed by atoms with Crippen molar-refractivity contribution in [1.82, 2.24) is 19.2 Å². The molecule has 0 saturated carbocycles. The van der Waals surface area contributed by atoms with Crippen LogP contribution in [0.1, 0.15) is 63.5 Å². The first-order chi connectivity index (χ1) is 21.7. The third-order valence-electron chi connectivity index (χ3n) is 8.31. The van der Waals surface area contributed by atoms with Gasteiger partial charge in [-0.15, -0.1) is 0 Å². The first-order valence-electron chi connectivity index (χ1n) is 15.9. The maximum Gasteiger partial charge on any atom is 0.243 e. The van der Waals surface area contributed by atoms with Crippen LogP contribution >= 0.6 is 0 Å². The largest absolute Gasteiger partial charge is 0.490 e. The van der Waals surface area contributed by atoms with Crippen LogP contribution < -0.4 is 14.8 Å². The first kappa shape index (κ1) is 32.7. The van der Waals surface area contributed by atoms with Crippen molar-refractivity contribution in [3.8, 4) is 11.5 Å². The summed E-state index contributed by atoms with van der Waals surface area (Å²) in [5, 5.41) is 4.52. The van der Waals surface area contributed by atoms with Gasteiger partial charge in [0.25, 0.3) is 0 Å². The highest BCUT2D eigenvalue weighted by molar-refractivity contribution is 7.89. The standard InChI is InChI=1S/C35H45N5O4S/c1-6-43-32-17-12-27(24-33(32)44-7-2)18-19-36-35-30-10-8-9-11-31(30)37-34(38-35)26(5)39-20-22-40(23-21-39)45(41,42)29-15-13-28(14-16-29)25(3)4/h8-17,24-26H,6-7,18-23H2,1-5H3,(H,36,37,38)/t26-/m0/s1. The molecule has 4 aromatic rings. The molecular formula is C35H45N5O4S. The molecule has 1 aromatic heterocycles. The van der Waals surface area contributed by atoms with Crippen molar-refractivity contribution in [2.24, 2.45) is 0 Å². The molecule has 1 atom stereocenters. The van der Waals surface area contributed by atoms with Gasteiger partial charge in [0.2, 0.25) is 10.0 Å². The number of piperazine rings is 1. The van der Waals surface area contributed by atoms with Crippen molar-refractivity contribution in [2.75, 3.05) is 51.3 Å². The smallest absolute Gasteiger partial charge is 0.243 e. The van der Waals surface area contributed by atoms with Gasteiger partial charge in [-0.05, 0) is 80.6 Å². The molecule has 1 aliphatic heterocycles. The number of fused-ring (bicyclic) bond motifs is 1. The van der Waals surface area contributed by atoms with Crippen molar-refractivity contribution in [3.05, 3.63) is 83.7 Å². The highest BCUT2D eigenvalue weighted by Gasteiger charge is 2.31. The Morgan fingerprint density at radius 1 is 0.844 bits per heavy atom. The lowest BCUT2D eigenvalue weighted by atomic mass is 10.0. The summed E-state index contributed by atoms with van der Waals surface area (Å²) >= 11 is 0. The van der Waals surface area contributed by atoms with Crippen LogP contribution in [0, 0.1) is 0 Å². The molecule has 2 heterocycles. The number of para-hydroxylation sites is 1. The van der Waals surface area contributed by atoms with E-state index in [-0.39, 0.29) is 6.04 Å². The molecule has 0 bridgehead atoms. The van der Waals surface area contributed by atoms with Gasteiger partial charge in [0.15, 0.2) is 11.5 Å². The molecule has 0 radical (unpaired) electrons. The molecule has 0 aliphatic carbocycles. The number of anilines is 1. The van der Waals surface area contributed by atoms with E-state index in [1.165, 1.54) is 0 Å². The van der Waals surface area contributed by atoms with Gasteiger partial charge >= 0.3 is 0 Å². The Morgan fingerprint density at radius 3 is 2.22 bits per heavy atom. The normalized spacial score (nSPS) is 15.3. The molecule has 240 valence electrons. The monoisotopic (exact) mass is 631 g/mol. The highest BCUT2D eigenvalue weighted by atomic mass is 32.2. The Balaban J connectivity index is 1.26. The van der Waals surface area contributed by atoms with Gasteiger partial charge < -0.3 is 14.8 Å². The molecule has 0 unspecified atom stereocenters. The van der Waals surface area contributed by atoms with Crippen LogP contribution in [0.4, 0.5) is 5.82 Å². The molecular weight excluding hydrogens is 586 g/mol. The fraction of sp³-hybridized carbons (Fsp3) is 0.429. The number of nitrogens with zero attached hydrogens (tertiary/aromatic N) is 4. The summed E-state index contributed by atoms with van der Waals surface area (Å²) in [7, 11) is -3.55. The molecule has 5 rings (SSSR count). The second-order valence-corrected chi connectivity index (χ2v) is 13.5. The highest BCUT2D eigenvalue weighted by Crippen LogP contribution is 2.30. The summed E-state index contributed by atoms with van der Waals surface area (Å²) in [5.41, 5.74) is 3.15. The number of benzene rings is 3. The van der Waals surface area contributed by atoms with Gasteiger partial charge in [0.1, 0.15) is 11.6 Å². The van der Waals surface area contributed by atoms with Crippen molar-refractivity contribution < 1.29 is 17.9 Å².